The van der Waals surface area contributed by atoms with Crippen LogP contribution in [0, 0.1) is 17.7 Å². The molecule has 4 heterocycles. The summed E-state index contributed by atoms with van der Waals surface area (Å²) in [6, 6.07) is 7.37. The Kier molecular flexibility index (Phi) is 8.60. The van der Waals surface area contributed by atoms with Crippen LogP contribution in [0.3, 0.4) is 0 Å². The minimum Gasteiger partial charge on any atom is -0.490 e. The maximum Gasteiger partial charge on any atom is 0.324 e. The number of halogens is 1. The number of hydrogen-bond donors (Lipinski definition) is 1. The number of aromatic nitrogens is 4. The fourth-order valence-electron chi connectivity index (χ4n) is 5.72. The van der Waals surface area contributed by atoms with Gasteiger partial charge in [-0.25, -0.2) is 14.4 Å². The molecule has 0 unspecified atom stereocenters. The Hall–Kier alpha value is -3.27. The molecule has 2 aliphatic rings. The predicted octanol–water partition coefficient (Wildman–Crippen LogP) is 4.76. The fraction of sp³-hybridized carbons (Fsp3) is 0.586. The van der Waals surface area contributed by atoms with Gasteiger partial charge in [-0.05, 0) is 49.1 Å². The van der Waals surface area contributed by atoms with Crippen LogP contribution in [0.2, 0.25) is 0 Å². The molecule has 2 N–H and O–H groups in total. The summed E-state index contributed by atoms with van der Waals surface area (Å²) >= 11 is 0. The molecule has 2 aromatic heterocycles. The Labute approximate surface area is 230 Å². The lowest BCUT2D eigenvalue weighted by Gasteiger charge is -2.37. The van der Waals surface area contributed by atoms with Crippen molar-refractivity contribution in [3.8, 4) is 5.75 Å². The average Bonchev–Trinajstić information content (AvgIpc) is 3.45. The Balaban J connectivity index is 1.04. The molecule has 0 spiro atoms. The standard InChI is InChI=1S/C29H40FN7O2/c1-19(2)27-34-29(39-35-27)36-12-8-21(9-13-36)20(3)11-15-38-22-16-32-28(33-17-22)37-14-10-24(26(31)18-37)23-6-4-5-7-25(23)30/h4-7,16-17,19-21,24,26H,8-15,18,31H2,1-3H3/t20-,24+,26-/m1/s1. The van der Waals surface area contributed by atoms with Crippen LogP contribution in [-0.2, 0) is 0 Å². The highest BCUT2D eigenvalue weighted by Gasteiger charge is 2.31. The molecule has 3 atom stereocenters. The first-order chi connectivity index (χ1) is 18.9. The molecule has 2 saturated heterocycles. The van der Waals surface area contributed by atoms with Gasteiger partial charge in [0.25, 0.3) is 0 Å². The Bertz CT molecular complexity index is 1200. The first-order valence-corrected chi connectivity index (χ1v) is 14.2. The van der Waals surface area contributed by atoms with Gasteiger partial charge in [0.2, 0.25) is 5.95 Å². The smallest absolute Gasteiger partial charge is 0.324 e. The lowest BCUT2D eigenvalue weighted by Crippen LogP contribution is -2.48. The molecule has 39 heavy (non-hydrogen) atoms. The topological polar surface area (TPSA) is 106 Å². The van der Waals surface area contributed by atoms with Crippen molar-refractivity contribution in [2.24, 2.45) is 17.6 Å². The maximum atomic E-state index is 14.3. The zero-order valence-electron chi connectivity index (χ0n) is 23.2. The van der Waals surface area contributed by atoms with Crippen LogP contribution < -0.4 is 20.3 Å². The van der Waals surface area contributed by atoms with Crippen LogP contribution in [0.1, 0.15) is 69.7 Å². The van der Waals surface area contributed by atoms with Crippen LogP contribution in [0.5, 0.6) is 5.75 Å². The van der Waals surface area contributed by atoms with Crippen LogP contribution in [0.15, 0.2) is 41.2 Å². The van der Waals surface area contributed by atoms with Crippen molar-refractivity contribution >= 4 is 12.0 Å². The van der Waals surface area contributed by atoms with E-state index in [9.17, 15) is 4.39 Å². The number of nitrogens with zero attached hydrogens (tertiary/aromatic N) is 6. The second-order valence-corrected chi connectivity index (χ2v) is 11.3. The summed E-state index contributed by atoms with van der Waals surface area (Å²) < 4.78 is 25.7. The quantitative estimate of drug-likeness (QED) is 0.413. The third-order valence-corrected chi connectivity index (χ3v) is 8.26. The largest absolute Gasteiger partial charge is 0.490 e. The molecule has 3 aromatic rings. The molecule has 2 aliphatic heterocycles. The van der Waals surface area contributed by atoms with Gasteiger partial charge in [0, 0.05) is 44.1 Å². The van der Waals surface area contributed by atoms with Crippen molar-refractivity contribution in [1.82, 2.24) is 20.1 Å². The van der Waals surface area contributed by atoms with E-state index in [-0.39, 0.29) is 23.7 Å². The minimum atomic E-state index is -0.187. The number of hydrogen-bond acceptors (Lipinski definition) is 9. The van der Waals surface area contributed by atoms with E-state index in [1.54, 1.807) is 18.5 Å². The Morgan fingerprint density at radius 3 is 2.44 bits per heavy atom. The van der Waals surface area contributed by atoms with Crippen LogP contribution >= 0.6 is 0 Å². The number of ether oxygens (including phenoxy) is 1. The molecular formula is C29H40FN7O2. The number of piperidine rings is 2. The van der Waals surface area contributed by atoms with Gasteiger partial charge in [0.1, 0.15) is 5.82 Å². The van der Waals surface area contributed by atoms with E-state index in [1.807, 2.05) is 12.1 Å². The van der Waals surface area contributed by atoms with Crippen molar-refractivity contribution in [1.29, 1.82) is 0 Å². The maximum absolute atomic E-state index is 14.3. The molecule has 0 saturated carbocycles. The van der Waals surface area contributed by atoms with Gasteiger partial charge >= 0.3 is 6.01 Å². The molecule has 0 amide bonds. The normalized spacial score (nSPS) is 21.4. The van der Waals surface area contributed by atoms with E-state index < -0.39 is 0 Å². The highest BCUT2D eigenvalue weighted by atomic mass is 19.1. The molecule has 5 rings (SSSR count). The van der Waals surface area contributed by atoms with Crippen molar-refractivity contribution < 1.29 is 13.7 Å². The molecule has 2 fully saturated rings. The lowest BCUT2D eigenvalue weighted by atomic mass is 9.84. The van der Waals surface area contributed by atoms with Crippen molar-refractivity contribution in [2.75, 3.05) is 42.6 Å². The molecule has 9 nitrogen and oxygen atoms in total. The highest BCUT2D eigenvalue weighted by Crippen LogP contribution is 2.31. The highest BCUT2D eigenvalue weighted by molar-refractivity contribution is 5.35. The van der Waals surface area contributed by atoms with Gasteiger partial charge in [-0.15, -0.1) is 0 Å². The average molecular weight is 538 g/mol. The van der Waals surface area contributed by atoms with Crippen LogP contribution in [0.25, 0.3) is 0 Å². The van der Waals surface area contributed by atoms with Crippen molar-refractivity contribution in [3.63, 3.8) is 0 Å². The third-order valence-electron chi connectivity index (χ3n) is 8.26. The van der Waals surface area contributed by atoms with Gasteiger partial charge in [-0.1, -0.05) is 44.1 Å². The second-order valence-electron chi connectivity index (χ2n) is 11.3. The lowest BCUT2D eigenvalue weighted by molar-refractivity contribution is 0.219. The van der Waals surface area contributed by atoms with Gasteiger partial charge in [0.05, 0.1) is 19.0 Å². The number of benzene rings is 1. The summed E-state index contributed by atoms with van der Waals surface area (Å²) in [5.74, 6) is 3.34. The summed E-state index contributed by atoms with van der Waals surface area (Å²) in [6.45, 7) is 10.3. The Morgan fingerprint density at radius 1 is 1.05 bits per heavy atom. The van der Waals surface area contributed by atoms with E-state index in [4.69, 9.17) is 15.0 Å². The molecule has 0 radical (unpaired) electrons. The fourth-order valence-corrected chi connectivity index (χ4v) is 5.72. The summed E-state index contributed by atoms with van der Waals surface area (Å²) in [6.07, 6.45) is 7.41. The second kappa shape index (κ2) is 12.3. The van der Waals surface area contributed by atoms with Gasteiger partial charge in [-0.3, -0.25) is 0 Å². The summed E-state index contributed by atoms with van der Waals surface area (Å²) in [5.41, 5.74) is 7.14. The zero-order chi connectivity index (χ0) is 27.4. The molecule has 10 heteroatoms. The van der Waals surface area contributed by atoms with Gasteiger partial charge in [-0.2, -0.15) is 4.98 Å². The molecular weight excluding hydrogens is 497 g/mol. The predicted molar refractivity (Wildman–Crippen MR) is 149 cm³/mol. The Morgan fingerprint density at radius 2 is 1.77 bits per heavy atom. The van der Waals surface area contributed by atoms with E-state index in [0.717, 1.165) is 51.1 Å². The number of rotatable bonds is 9. The van der Waals surface area contributed by atoms with Crippen molar-refractivity contribution in [2.45, 2.75) is 64.3 Å². The van der Waals surface area contributed by atoms with Gasteiger partial charge < -0.3 is 24.8 Å². The zero-order valence-corrected chi connectivity index (χ0v) is 23.2. The third kappa shape index (κ3) is 6.49. The van der Waals surface area contributed by atoms with Gasteiger partial charge in [0.15, 0.2) is 11.6 Å². The van der Waals surface area contributed by atoms with Crippen LogP contribution in [-0.4, -0.2) is 58.9 Å². The molecule has 1 aromatic carbocycles. The van der Waals surface area contributed by atoms with E-state index >= 15 is 0 Å². The number of anilines is 2. The molecule has 210 valence electrons. The van der Waals surface area contributed by atoms with E-state index in [0.29, 0.717) is 48.3 Å². The first kappa shape index (κ1) is 27.3. The number of nitrogens with two attached hydrogens (primary N) is 1. The minimum absolute atomic E-state index is 0.00386. The summed E-state index contributed by atoms with van der Waals surface area (Å²) in [4.78, 5) is 17.9. The first-order valence-electron chi connectivity index (χ1n) is 14.2. The van der Waals surface area contributed by atoms with Crippen molar-refractivity contribution in [3.05, 3.63) is 53.9 Å². The summed E-state index contributed by atoms with van der Waals surface area (Å²) in [5, 5.41) is 4.09. The van der Waals surface area contributed by atoms with Crippen LogP contribution in [0.4, 0.5) is 16.4 Å². The van der Waals surface area contributed by atoms with E-state index in [1.165, 1.54) is 6.07 Å². The SMILES string of the molecule is CC(C)c1noc(N2CCC([C@H](C)CCOc3cnc(N4CC[C@@H](c5ccccc5F)[C@H](N)C4)nc3)CC2)n1. The molecule has 0 bridgehead atoms. The monoisotopic (exact) mass is 537 g/mol. The molecule has 0 aliphatic carbocycles. The summed E-state index contributed by atoms with van der Waals surface area (Å²) in [7, 11) is 0. The van der Waals surface area contributed by atoms with E-state index in [2.05, 4.69) is 50.7 Å².